The van der Waals surface area contributed by atoms with Crippen LogP contribution in [0.2, 0.25) is 0 Å². The van der Waals surface area contributed by atoms with Crippen molar-refractivity contribution in [3.05, 3.63) is 0 Å². The maximum absolute atomic E-state index is 10.9. The zero-order valence-electron chi connectivity index (χ0n) is 9.93. The van der Waals surface area contributed by atoms with Crippen molar-refractivity contribution in [1.82, 2.24) is 10.2 Å². The monoisotopic (exact) mass is 212 g/mol. The molecule has 1 aliphatic heterocycles. The minimum Gasteiger partial charge on any atom is -0.343 e. The molecule has 0 atom stereocenters. The fourth-order valence-electron chi connectivity index (χ4n) is 1.93. The summed E-state index contributed by atoms with van der Waals surface area (Å²) in [6, 6.07) is 0. The summed E-state index contributed by atoms with van der Waals surface area (Å²) < 4.78 is 0. The predicted molar refractivity (Wildman–Crippen MR) is 62.6 cm³/mol. The van der Waals surface area contributed by atoms with Crippen LogP contribution >= 0.6 is 0 Å². The van der Waals surface area contributed by atoms with Crippen LogP contribution in [0, 0.1) is 0 Å². The van der Waals surface area contributed by atoms with E-state index >= 15 is 0 Å². The quantitative estimate of drug-likeness (QED) is 0.656. The summed E-state index contributed by atoms with van der Waals surface area (Å²) in [4.78, 5) is 13.3. The predicted octanol–water partition coefficient (Wildman–Crippen LogP) is 2.13. The summed E-state index contributed by atoms with van der Waals surface area (Å²) >= 11 is 0. The molecule has 0 saturated carbocycles. The van der Waals surface area contributed by atoms with Gasteiger partial charge in [-0.1, -0.05) is 39.0 Å². The van der Waals surface area contributed by atoms with Crippen molar-refractivity contribution in [3.63, 3.8) is 0 Å². The Hall–Kier alpha value is -0.570. The number of rotatable bonds is 7. The van der Waals surface area contributed by atoms with E-state index in [4.69, 9.17) is 0 Å². The zero-order chi connectivity index (χ0) is 10.9. The average molecular weight is 212 g/mol. The Morgan fingerprint density at radius 3 is 2.60 bits per heavy atom. The van der Waals surface area contributed by atoms with Gasteiger partial charge in [0.15, 0.2) is 0 Å². The number of hydrogen-bond donors (Lipinski definition) is 1. The number of nitrogens with zero attached hydrogens (tertiary/aromatic N) is 1. The van der Waals surface area contributed by atoms with Gasteiger partial charge in [0, 0.05) is 13.0 Å². The van der Waals surface area contributed by atoms with Crippen LogP contribution in [0.4, 0.5) is 0 Å². The van der Waals surface area contributed by atoms with E-state index in [0.29, 0.717) is 6.42 Å². The molecule has 1 saturated heterocycles. The molecule has 15 heavy (non-hydrogen) atoms. The first-order chi connectivity index (χ1) is 7.33. The third-order valence-corrected chi connectivity index (χ3v) is 2.98. The summed E-state index contributed by atoms with van der Waals surface area (Å²) in [6.07, 6.45) is 8.74. The van der Waals surface area contributed by atoms with E-state index in [1.165, 1.54) is 38.5 Å². The first kappa shape index (κ1) is 12.5. The van der Waals surface area contributed by atoms with E-state index in [9.17, 15) is 4.79 Å². The first-order valence-corrected chi connectivity index (χ1v) is 6.32. The third kappa shape index (κ3) is 5.78. The van der Waals surface area contributed by atoms with E-state index in [1.807, 2.05) is 0 Å². The molecule has 0 bridgehead atoms. The van der Waals surface area contributed by atoms with Crippen LogP contribution in [-0.4, -0.2) is 30.6 Å². The second kappa shape index (κ2) is 7.69. The summed E-state index contributed by atoms with van der Waals surface area (Å²) in [5.41, 5.74) is 0. The molecule has 0 aromatic rings. The molecular weight excluding hydrogens is 188 g/mol. The van der Waals surface area contributed by atoms with Crippen LogP contribution in [0.25, 0.3) is 0 Å². The van der Waals surface area contributed by atoms with Gasteiger partial charge in [0.25, 0.3) is 0 Å². The maximum atomic E-state index is 10.9. The van der Waals surface area contributed by atoms with Gasteiger partial charge in [-0.2, -0.15) is 0 Å². The van der Waals surface area contributed by atoms with Crippen molar-refractivity contribution in [3.8, 4) is 0 Å². The first-order valence-electron chi connectivity index (χ1n) is 6.32. The standard InChI is InChI=1S/C12H24N2O/c1-2-3-4-5-6-7-9-14-10-8-12(15)13-11-14/h2-11H2,1H3,(H,13,15). The summed E-state index contributed by atoms with van der Waals surface area (Å²) in [5.74, 6) is 0.203. The van der Waals surface area contributed by atoms with Gasteiger partial charge in [-0.15, -0.1) is 0 Å². The Labute approximate surface area is 93.2 Å². The van der Waals surface area contributed by atoms with Crippen molar-refractivity contribution in [2.45, 2.75) is 51.9 Å². The van der Waals surface area contributed by atoms with Gasteiger partial charge < -0.3 is 5.32 Å². The highest BCUT2D eigenvalue weighted by molar-refractivity contribution is 5.76. The second-order valence-corrected chi connectivity index (χ2v) is 4.39. The fourth-order valence-corrected chi connectivity index (χ4v) is 1.93. The molecule has 88 valence electrons. The summed E-state index contributed by atoms with van der Waals surface area (Å²) in [7, 11) is 0. The highest BCUT2D eigenvalue weighted by Gasteiger charge is 2.13. The molecule has 3 nitrogen and oxygen atoms in total. The van der Waals surface area contributed by atoms with Gasteiger partial charge in [-0.25, -0.2) is 0 Å². The highest BCUT2D eigenvalue weighted by Crippen LogP contribution is 2.06. The lowest BCUT2D eigenvalue weighted by atomic mass is 10.1. The number of carbonyl (C=O) groups excluding carboxylic acids is 1. The Kier molecular flexibility index (Phi) is 6.41. The summed E-state index contributed by atoms with van der Waals surface area (Å²) in [6.45, 7) is 5.09. The molecule has 0 unspecified atom stereocenters. The smallest absolute Gasteiger partial charge is 0.222 e. The number of hydrogen-bond acceptors (Lipinski definition) is 2. The maximum Gasteiger partial charge on any atom is 0.222 e. The van der Waals surface area contributed by atoms with Crippen LogP contribution in [0.1, 0.15) is 51.9 Å². The highest BCUT2D eigenvalue weighted by atomic mass is 16.1. The van der Waals surface area contributed by atoms with Gasteiger partial charge >= 0.3 is 0 Å². The zero-order valence-corrected chi connectivity index (χ0v) is 9.93. The molecule has 1 fully saturated rings. The molecule has 1 heterocycles. The fraction of sp³-hybridized carbons (Fsp3) is 0.917. The van der Waals surface area contributed by atoms with E-state index in [-0.39, 0.29) is 5.91 Å². The van der Waals surface area contributed by atoms with E-state index in [2.05, 4.69) is 17.1 Å². The minimum atomic E-state index is 0.203. The number of unbranched alkanes of at least 4 members (excludes halogenated alkanes) is 5. The molecule has 0 aromatic carbocycles. The Balaban J connectivity index is 1.89. The molecule has 0 aromatic heterocycles. The number of carbonyl (C=O) groups is 1. The molecule has 1 rings (SSSR count). The lowest BCUT2D eigenvalue weighted by Crippen LogP contribution is -2.45. The third-order valence-electron chi connectivity index (χ3n) is 2.98. The molecule has 1 aliphatic rings. The van der Waals surface area contributed by atoms with Crippen molar-refractivity contribution < 1.29 is 4.79 Å². The van der Waals surface area contributed by atoms with Gasteiger partial charge in [-0.3, -0.25) is 9.69 Å². The molecule has 0 aliphatic carbocycles. The molecule has 0 radical (unpaired) electrons. The van der Waals surface area contributed by atoms with Crippen LogP contribution in [0.5, 0.6) is 0 Å². The second-order valence-electron chi connectivity index (χ2n) is 4.39. The van der Waals surface area contributed by atoms with Crippen molar-refractivity contribution in [2.24, 2.45) is 0 Å². The van der Waals surface area contributed by atoms with Gasteiger partial charge in [0.1, 0.15) is 0 Å². The van der Waals surface area contributed by atoms with Crippen LogP contribution in [-0.2, 0) is 4.79 Å². The van der Waals surface area contributed by atoms with Crippen molar-refractivity contribution >= 4 is 5.91 Å². The molecule has 3 heteroatoms. The van der Waals surface area contributed by atoms with E-state index in [1.54, 1.807) is 0 Å². The summed E-state index contributed by atoms with van der Waals surface area (Å²) in [5, 5.41) is 2.88. The van der Waals surface area contributed by atoms with Crippen LogP contribution in [0.3, 0.4) is 0 Å². The Bertz CT molecular complexity index is 172. The van der Waals surface area contributed by atoms with E-state index < -0.39 is 0 Å². The number of amides is 1. The lowest BCUT2D eigenvalue weighted by Gasteiger charge is -2.26. The van der Waals surface area contributed by atoms with Gasteiger partial charge in [0.2, 0.25) is 5.91 Å². The largest absolute Gasteiger partial charge is 0.343 e. The molecule has 1 N–H and O–H groups in total. The van der Waals surface area contributed by atoms with Gasteiger partial charge in [-0.05, 0) is 13.0 Å². The average Bonchev–Trinajstić information content (AvgIpc) is 2.26. The molecule has 1 amide bonds. The van der Waals surface area contributed by atoms with Crippen molar-refractivity contribution in [1.29, 1.82) is 0 Å². The Morgan fingerprint density at radius 2 is 1.93 bits per heavy atom. The lowest BCUT2D eigenvalue weighted by molar-refractivity contribution is -0.124. The van der Waals surface area contributed by atoms with Gasteiger partial charge in [0.05, 0.1) is 6.67 Å². The molecule has 0 spiro atoms. The van der Waals surface area contributed by atoms with Crippen LogP contribution < -0.4 is 5.32 Å². The SMILES string of the molecule is CCCCCCCCN1CCC(=O)NC1. The number of nitrogens with one attached hydrogen (secondary N) is 1. The Morgan fingerprint density at radius 1 is 1.20 bits per heavy atom. The minimum absolute atomic E-state index is 0.203. The topological polar surface area (TPSA) is 32.3 Å². The van der Waals surface area contributed by atoms with E-state index in [0.717, 1.165) is 19.8 Å². The van der Waals surface area contributed by atoms with Crippen molar-refractivity contribution in [2.75, 3.05) is 19.8 Å². The molecular formula is C12H24N2O. The van der Waals surface area contributed by atoms with Crippen LogP contribution in [0.15, 0.2) is 0 Å². The normalized spacial score (nSPS) is 17.8.